The molecule has 2 aliphatic rings. The number of aryl methyl sites for hydroxylation is 2. The minimum Gasteiger partial charge on any atom is -0.348 e. The van der Waals surface area contributed by atoms with Crippen LogP contribution in [0.1, 0.15) is 60.3 Å². The highest BCUT2D eigenvalue weighted by Gasteiger charge is 2.28. The van der Waals surface area contributed by atoms with Crippen LogP contribution in [0.25, 0.3) is 0 Å². The van der Waals surface area contributed by atoms with Crippen molar-refractivity contribution >= 4 is 17.7 Å². The summed E-state index contributed by atoms with van der Waals surface area (Å²) in [6.07, 6.45) is 12.1. The maximum Gasteiger partial charge on any atom is 0.270 e. The fourth-order valence-corrected chi connectivity index (χ4v) is 5.09. The number of aromatic nitrogens is 4. The largest absolute Gasteiger partial charge is 0.348 e. The normalized spacial score (nSPS) is 22.7. The van der Waals surface area contributed by atoms with Gasteiger partial charge in [0.2, 0.25) is 0 Å². The van der Waals surface area contributed by atoms with Gasteiger partial charge in [0.15, 0.2) is 5.16 Å². The van der Waals surface area contributed by atoms with Crippen molar-refractivity contribution in [3.05, 3.63) is 35.4 Å². The first-order valence-electron chi connectivity index (χ1n) is 9.50. The minimum absolute atomic E-state index is 0.0469. The Kier molecular flexibility index (Phi) is 5.24. The average molecular weight is 372 g/mol. The van der Waals surface area contributed by atoms with Gasteiger partial charge in [-0.3, -0.25) is 9.48 Å². The van der Waals surface area contributed by atoms with Crippen molar-refractivity contribution in [2.24, 2.45) is 7.05 Å². The Morgan fingerprint density at radius 1 is 1.15 bits per heavy atom. The Bertz CT molecular complexity index is 768. The Labute approximate surface area is 158 Å². The number of thioether (sulfide) groups is 1. The van der Waals surface area contributed by atoms with Crippen LogP contribution in [0, 0.1) is 0 Å². The number of rotatable bonds is 4. The molecule has 2 aromatic rings. The van der Waals surface area contributed by atoms with Gasteiger partial charge in [0.25, 0.3) is 5.91 Å². The second-order valence-electron chi connectivity index (χ2n) is 7.20. The van der Waals surface area contributed by atoms with E-state index in [4.69, 9.17) is 0 Å². The first-order chi connectivity index (χ1) is 12.7. The highest BCUT2D eigenvalue weighted by Crippen LogP contribution is 2.32. The van der Waals surface area contributed by atoms with E-state index < -0.39 is 0 Å². The topological polar surface area (TPSA) is 72.7 Å². The summed E-state index contributed by atoms with van der Waals surface area (Å²) < 4.78 is 1.78. The van der Waals surface area contributed by atoms with Crippen molar-refractivity contribution in [2.75, 3.05) is 0 Å². The summed E-state index contributed by atoms with van der Waals surface area (Å²) in [6, 6.07) is 2.10. The maximum atomic E-state index is 12.8. The molecule has 0 bridgehead atoms. The molecule has 0 aliphatic heterocycles. The number of amides is 1. The monoisotopic (exact) mass is 371 g/mol. The van der Waals surface area contributed by atoms with E-state index in [1.54, 1.807) is 28.8 Å². The maximum absolute atomic E-state index is 12.8. The summed E-state index contributed by atoms with van der Waals surface area (Å²) in [5.41, 5.74) is 3.06. The van der Waals surface area contributed by atoms with E-state index in [-0.39, 0.29) is 11.9 Å². The van der Waals surface area contributed by atoms with Crippen LogP contribution in [-0.2, 0) is 19.9 Å². The molecule has 7 heteroatoms. The molecule has 1 amide bonds. The van der Waals surface area contributed by atoms with Gasteiger partial charge in [0.05, 0.1) is 5.69 Å². The van der Waals surface area contributed by atoms with Crippen LogP contribution in [-0.4, -0.2) is 36.9 Å². The first-order valence-corrected chi connectivity index (χ1v) is 10.4. The van der Waals surface area contributed by atoms with Crippen LogP contribution in [0.15, 0.2) is 23.6 Å². The van der Waals surface area contributed by atoms with Gasteiger partial charge in [0.1, 0.15) is 5.69 Å². The molecule has 1 saturated carbocycles. The summed E-state index contributed by atoms with van der Waals surface area (Å²) in [4.78, 5) is 21.4. The molecule has 1 fully saturated rings. The van der Waals surface area contributed by atoms with Crippen molar-refractivity contribution < 1.29 is 4.79 Å². The lowest BCUT2D eigenvalue weighted by molar-refractivity contribution is 0.0917. The van der Waals surface area contributed by atoms with Gasteiger partial charge in [0, 0.05) is 36.3 Å². The predicted octanol–water partition coefficient (Wildman–Crippen LogP) is 2.92. The summed E-state index contributed by atoms with van der Waals surface area (Å²) in [7, 11) is 1.89. The van der Waals surface area contributed by atoms with Crippen LogP contribution in [0.5, 0.6) is 0 Å². The molecule has 2 aliphatic carbocycles. The third kappa shape index (κ3) is 3.77. The van der Waals surface area contributed by atoms with Crippen LogP contribution < -0.4 is 5.32 Å². The molecule has 138 valence electrons. The lowest BCUT2D eigenvalue weighted by Gasteiger charge is -2.28. The second kappa shape index (κ2) is 7.78. The third-order valence-electron chi connectivity index (χ3n) is 5.36. The number of carbonyl (C=O) groups is 1. The van der Waals surface area contributed by atoms with Crippen molar-refractivity contribution in [3.8, 4) is 0 Å². The van der Waals surface area contributed by atoms with Crippen LogP contribution in [0.2, 0.25) is 0 Å². The Morgan fingerprint density at radius 2 is 1.88 bits per heavy atom. The van der Waals surface area contributed by atoms with Crippen LogP contribution in [0.4, 0.5) is 0 Å². The quantitative estimate of drug-likeness (QED) is 0.837. The number of nitrogens with zero attached hydrogens (tertiary/aromatic N) is 4. The summed E-state index contributed by atoms with van der Waals surface area (Å²) in [5.74, 6) is 0.0469. The zero-order valence-electron chi connectivity index (χ0n) is 15.1. The second-order valence-corrected chi connectivity index (χ2v) is 8.47. The molecule has 0 radical (unpaired) electrons. The molecule has 1 N–H and O–H groups in total. The van der Waals surface area contributed by atoms with Gasteiger partial charge >= 0.3 is 0 Å². The highest BCUT2D eigenvalue weighted by molar-refractivity contribution is 7.99. The Hall–Kier alpha value is -1.89. The van der Waals surface area contributed by atoms with E-state index >= 15 is 0 Å². The summed E-state index contributed by atoms with van der Waals surface area (Å²) in [6.45, 7) is 0. The molecular formula is C19H25N5OS. The number of carbonyl (C=O) groups excluding carboxylic acids is 1. The lowest BCUT2D eigenvalue weighted by Crippen LogP contribution is -2.39. The molecule has 0 aromatic carbocycles. The molecule has 0 atom stereocenters. The zero-order chi connectivity index (χ0) is 17.9. The number of hydrogen-bond acceptors (Lipinski definition) is 5. The molecule has 26 heavy (non-hydrogen) atoms. The third-order valence-corrected chi connectivity index (χ3v) is 6.58. The van der Waals surface area contributed by atoms with E-state index in [0.29, 0.717) is 5.25 Å². The zero-order valence-corrected chi connectivity index (χ0v) is 16.0. The molecule has 4 rings (SSSR count). The van der Waals surface area contributed by atoms with Gasteiger partial charge in [-0.25, -0.2) is 9.97 Å². The summed E-state index contributed by atoms with van der Waals surface area (Å²) in [5, 5.41) is 9.20. The van der Waals surface area contributed by atoms with Gasteiger partial charge < -0.3 is 5.32 Å². The van der Waals surface area contributed by atoms with Crippen molar-refractivity contribution in [1.82, 2.24) is 25.1 Å². The van der Waals surface area contributed by atoms with Crippen molar-refractivity contribution in [1.29, 1.82) is 0 Å². The SMILES string of the molecule is Cn1nc2c(c1C(=O)NC1CCC(Sc3ncccn3)CC1)CCCC2. The van der Waals surface area contributed by atoms with E-state index in [9.17, 15) is 4.79 Å². The van der Waals surface area contributed by atoms with Crippen LogP contribution in [0.3, 0.4) is 0 Å². The van der Waals surface area contributed by atoms with Gasteiger partial charge in [-0.15, -0.1) is 0 Å². The van der Waals surface area contributed by atoms with Gasteiger partial charge in [-0.1, -0.05) is 11.8 Å². The molecule has 2 heterocycles. The van der Waals surface area contributed by atoms with E-state index in [2.05, 4.69) is 20.4 Å². The van der Waals surface area contributed by atoms with Gasteiger partial charge in [-0.2, -0.15) is 5.10 Å². The van der Waals surface area contributed by atoms with Crippen LogP contribution >= 0.6 is 11.8 Å². The number of nitrogens with one attached hydrogen (secondary N) is 1. The van der Waals surface area contributed by atoms with E-state index in [0.717, 1.165) is 61.5 Å². The van der Waals surface area contributed by atoms with Crippen molar-refractivity contribution in [2.45, 2.75) is 67.8 Å². The fourth-order valence-electron chi connectivity index (χ4n) is 4.04. The molecule has 0 spiro atoms. The first kappa shape index (κ1) is 17.5. The van der Waals surface area contributed by atoms with Crippen molar-refractivity contribution in [3.63, 3.8) is 0 Å². The highest BCUT2D eigenvalue weighted by atomic mass is 32.2. The smallest absolute Gasteiger partial charge is 0.270 e. The molecule has 0 unspecified atom stereocenters. The predicted molar refractivity (Wildman–Crippen MR) is 101 cm³/mol. The molecular weight excluding hydrogens is 346 g/mol. The minimum atomic E-state index is 0.0469. The van der Waals surface area contributed by atoms with Gasteiger partial charge in [-0.05, 0) is 57.4 Å². The Balaban J connectivity index is 1.33. The fraction of sp³-hybridized carbons (Fsp3) is 0.579. The summed E-state index contributed by atoms with van der Waals surface area (Å²) >= 11 is 1.76. The molecule has 2 aromatic heterocycles. The molecule has 6 nitrogen and oxygen atoms in total. The molecule has 0 saturated heterocycles. The standard InChI is InChI=1S/C19H25N5OS/c1-24-17(15-5-2-3-6-16(15)23-24)18(25)22-13-7-9-14(10-8-13)26-19-20-11-4-12-21-19/h4,11-14H,2-3,5-10H2,1H3,(H,22,25). The number of fused-ring (bicyclic) bond motifs is 1. The van der Waals surface area contributed by atoms with E-state index in [1.807, 2.05) is 13.1 Å². The average Bonchev–Trinajstić information content (AvgIpc) is 3.00. The lowest BCUT2D eigenvalue weighted by atomic mass is 9.93. The van der Waals surface area contributed by atoms with E-state index in [1.165, 1.54) is 12.0 Å². The Morgan fingerprint density at radius 3 is 2.65 bits per heavy atom. The number of hydrogen-bond donors (Lipinski definition) is 1.